The number of ether oxygens (including phenoxy) is 1. The first-order valence-corrected chi connectivity index (χ1v) is 5.94. The molecule has 0 aliphatic rings. The average Bonchev–Trinajstić information content (AvgIpc) is 2.28. The summed E-state index contributed by atoms with van der Waals surface area (Å²) in [5.41, 5.74) is 1.12. The number of hydrogen-bond donors (Lipinski definition) is 1. The predicted octanol–water partition coefficient (Wildman–Crippen LogP) is 2.66. The molecule has 1 aromatic carbocycles. The van der Waals surface area contributed by atoms with Crippen LogP contribution >= 0.6 is 15.9 Å². The summed E-state index contributed by atoms with van der Waals surface area (Å²) in [5, 5.41) is 3.18. The number of esters is 1. The second-order valence-corrected chi connectivity index (χ2v) is 4.51. The van der Waals surface area contributed by atoms with E-state index in [4.69, 9.17) is 0 Å². The Morgan fingerprint density at radius 2 is 2.00 bits per heavy atom. The van der Waals surface area contributed by atoms with Crippen LogP contribution in [0.1, 0.15) is 25.5 Å². The molecule has 1 aromatic rings. The maximum atomic E-state index is 11.3. The molecule has 0 amide bonds. The van der Waals surface area contributed by atoms with Gasteiger partial charge in [0.1, 0.15) is 6.04 Å². The molecule has 0 radical (unpaired) electrons. The van der Waals surface area contributed by atoms with Gasteiger partial charge in [0.15, 0.2) is 0 Å². The van der Waals surface area contributed by atoms with Gasteiger partial charge in [-0.2, -0.15) is 0 Å². The molecule has 0 fully saturated rings. The van der Waals surface area contributed by atoms with Gasteiger partial charge in [-0.1, -0.05) is 34.1 Å². The normalized spacial score (nSPS) is 14.2. The van der Waals surface area contributed by atoms with Crippen LogP contribution in [0.5, 0.6) is 0 Å². The van der Waals surface area contributed by atoms with Crippen molar-refractivity contribution in [3.05, 3.63) is 34.3 Å². The molecule has 2 atom stereocenters. The van der Waals surface area contributed by atoms with Gasteiger partial charge in [-0.15, -0.1) is 0 Å². The fraction of sp³-hybridized carbons (Fsp3) is 0.417. The van der Waals surface area contributed by atoms with E-state index in [0.717, 1.165) is 10.0 Å². The lowest BCUT2D eigenvalue weighted by molar-refractivity contribution is -0.142. The number of rotatable bonds is 4. The minimum absolute atomic E-state index is 0.0877. The van der Waals surface area contributed by atoms with Crippen molar-refractivity contribution in [1.82, 2.24) is 5.32 Å². The Morgan fingerprint density at radius 3 is 2.56 bits per heavy atom. The third-order valence-electron chi connectivity index (χ3n) is 2.43. The van der Waals surface area contributed by atoms with Crippen LogP contribution in [-0.2, 0) is 9.53 Å². The van der Waals surface area contributed by atoms with Crippen molar-refractivity contribution in [2.24, 2.45) is 0 Å². The van der Waals surface area contributed by atoms with Gasteiger partial charge < -0.3 is 4.74 Å². The number of halogens is 1. The smallest absolute Gasteiger partial charge is 0.322 e. The van der Waals surface area contributed by atoms with Gasteiger partial charge in [0, 0.05) is 10.5 Å². The van der Waals surface area contributed by atoms with Gasteiger partial charge in [-0.3, -0.25) is 10.1 Å². The van der Waals surface area contributed by atoms with Crippen LogP contribution in [0, 0.1) is 0 Å². The summed E-state index contributed by atoms with van der Waals surface area (Å²) in [4.78, 5) is 11.3. The number of carbonyl (C=O) groups excluding carboxylic acids is 1. The van der Waals surface area contributed by atoms with Crippen LogP contribution in [0.25, 0.3) is 0 Å². The largest absolute Gasteiger partial charge is 0.468 e. The van der Waals surface area contributed by atoms with Crippen molar-refractivity contribution in [2.75, 3.05) is 7.11 Å². The van der Waals surface area contributed by atoms with Crippen LogP contribution in [0.15, 0.2) is 28.7 Å². The van der Waals surface area contributed by atoms with Gasteiger partial charge in [-0.25, -0.2) is 0 Å². The Bertz CT molecular complexity index is 368. The molecule has 0 aliphatic heterocycles. The summed E-state index contributed by atoms with van der Waals surface area (Å²) in [6.07, 6.45) is 0. The van der Waals surface area contributed by atoms with Gasteiger partial charge in [0.05, 0.1) is 7.11 Å². The Balaban J connectivity index is 2.69. The van der Waals surface area contributed by atoms with E-state index in [9.17, 15) is 4.79 Å². The van der Waals surface area contributed by atoms with Crippen LogP contribution < -0.4 is 5.32 Å². The molecule has 3 nitrogen and oxygen atoms in total. The van der Waals surface area contributed by atoms with Crippen LogP contribution in [0.3, 0.4) is 0 Å². The predicted molar refractivity (Wildman–Crippen MR) is 67.2 cm³/mol. The molecule has 0 bridgehead atoms. The van der Waals surface area contributed by atoms with E-state index in [1.807, 2.05) is 31.2 Å². The highest BCUT2D eigenvalue weighted by molar-refractivity contribution is 9.10. The SMILES string of the molecule is COC(=O)C(C)N[C@H](C)c1ccccc1Br. The second-order valence-electron chi connectivity index (χ2n) is 3.65. The summed E-state index contributed by atoms with van der Waals surface area (Å²) in [5.74, 6) is -0.251. The minimum Gasteiger partial charge on any atom is -0.468 e. The maximum Gasteiger partial charge on any atom is 0.322 e. The molecule has 4 heteroatoms. The number of methoxy groups -OCH3 is 1. The minimum atomic E-state index is -0.313. The lowest BCUT2D eigenvalue weighted by atomic mass is 10.1. The lowest BCUT2D eigenvalue weighted by Gasteiger charge is -2.19. The second kappa shape index (κ2) is 6.01. The fourth-order valence-corrected chi connectivity index (χ4v) is 2.16. The van der Waals surface area contributed by atoms with E-state index in [1.165, 1.54) is 7.11 Å². The van der Waals surface area contributed by atoms with E-state index in [-0.39, 0.29) is 18.1 Å². The highest BCUT2D eigenvalue weighted by atomic mass is 79.9. The number of benzene rings is 1. The van der Waals surface area contributed by atoms with Gasteiger partial charge in [0.2, 0.25) is 0 Å². The Morgan fingerprint density at radius 1 is 1.38 bits per heavy atom. The highest BCUT2D eigenvalue weighted by Crippen LogP contribution is 2.22. The average molecular weight is 286 g/mol. The molecule has 0 spiro atoms. The first-order valence-electron chi connectivity index (χ1n) is 5.14. The van der Waals surface area contributed by atoms with Crippen molar-refractivity contribution < 1.29 is 9.53 Å². The molecular formula is C12H16BrNO2. The van der Waals surface area contributed by atoms with Crippen molar-refractivity contribution in [3.8, 4) is 0 Å². The van der Waals surface area contributed by atoms with E-state index in [1.54, 1.807) is 6.92 Å². The highest BCUT2D eigenvalue weighted by Gasteiger charge is 2.17. The zero-order valence-corrected chi connectivity index (χ0v) is 11.2. The summed E-state index contributed by atoms with van der Waals surface area (Å²) in [7, 11) is 1.39. The molecular weight excluding hydrogens is 270 g/mol. The molecule has 16 heavy (non-hydrogen) atoms. The van der Waals surface area contributed by atoms with E-state index in [2.05, 4.69) is 26.0 Å². The molecule has 88 valence electrons. The number of carbonyl (C=O) groups is 1. The van der Waals surface area contributed by atoms with Crippen LogP contribution in [0.4, 0.5) is 0 Å². The van der Waals surface area contributed by atoms with Crippen molar-refractivity contribution >= 4 is 21.9 Å². The van der Waals surface area contributed by atoms with E-state index in [0.29, 0.717) is 0 Å². The quantitative estimate of drug-likeness (QED) is 0.865. The number of hydrogen-bond acceptors (Lipinski definition) is 3. The summed E-state index contributed by atoms with van der Waals surface area (Å²) in [6.45, 7) is 3.80. The first kappa shape index (κ1) is 13.2. The van der Waals surface area contributed by atoms with Gasteiger partial charge in [0.25, 0.3) is 0 Å². The Kier molecular flexibility index (Phi) is 4.96. The molecule has 1 rings (SSSR count). The van der Waals surface area contributed by atoms with Crippen molar-refractivity contribution in [2.45, 2.75) is 25.9 Å². The topological polar surface area (TPSA) is 38.3 Å². The van der Waals surface area contributed by atoms with Crippen LogP contribution in [-0.4, -0.2) is 19.1 Å². The lowest BCUT2D eigenvalue weighted by Crippen LogP contribution is -2.36. The van der Waals surface area contributed by atoms with Gasteiger partial charge >= 0.3 is 5.97 Å². The molecule has 0 aromatic heterocycles. The molecule has 1 unspecified atom stereocenters. The summed E-state index contributed by atoms with van der Waals surface area (Å²) < 4.78 is 5.70. The Hall–Kier alpha value is -0.870. The first-order chi connectivity index (χ1) is 7.56. The zero-order valence-electron chi connectivity index (χ0n) is 9.66. The molecule has 0 saturated carbocycles. The monoisotopic (exact) mass is 285 g/mol. The summed E-state index contributed by atoms with van der Waals surface area (Å²) in [6, 6.07) is 7.71. The van der Waals surface area contributed by atoms with Gasteiger partial charge in [-0.05, 0) is 25.5 Å². The zero-order chi connectivity index (χ0) is 12.1. The molecule has 0 heterocycles. The van der Waals surface area contributed by atoms with Crippen LogP contribution in [0.2, 0.25) is 0 Å². The summed E-state index contributed by atoms with van der Waals surface area (Å²) >= 11 is 3.48. The maximum absolute atomic E-state index is 11.3. The third kappa shape index (κ3) is 3.32. The standard InChI is InChI=1S/C12H16BrNO2/c1-8(14-9(2)12(15)16-3)10-6-4-5-7-11(10)13/h4-9,14H,1-3H3/t8-,9?/m1/s1. The van der Waals surface area contributed by atoms with E-state index < -0.39 is 0 Å². The molecule has 1 N–H and O–H groups in total. The molecule has 0 saturated heterocycles. The third-order valence-corrected chi connectivity index (χ3v) is 3.15. The van der Waals surface area contributed by atoms with Crippen molar-refractivity contribution in [1.29, 1.82) is 0 Å². The fourth-order valence-electron chi connectivity index (χ4n) is 1.54. The van der Waals surface area contributed by atoms with E-state index >= 15 is 0 Å². The number of nitrogens with one attached hydrogen (secondary N) is 1. The molecule has 0 aliphatic carbocycles. The van der Waals surface area contributed by atoms with Crippen molar-refractivity contribution in [3.63, 3.8) is 0 Å². The Labute approximate surface area is 104 Å².